The van der Waals surface area contributed by atoms with Crippen LogP contribution in [-0.4, -0.2) is 51.5 Å². The van der Waals surface area contributed by atoms with Crippen molar-refractivity contribution in [1.82, 2.24) is 10.6 Å². The lowest BCUT2D eigenvalue weighted by Gasteiger charge is -2.30. The van der Waals surface area contributed by atoms with Gasteiger partial charge in [0.1, 0.15) is 6.04 Å². The summed E-state index contributed by atoms with van der Waals surface area (Å²) < 4.78 is 10.6. The molecule has 108 valence electrons. The van der Waals surface area contributed by atoms with E-state index < -0.39 is 0 Å². The van der Waals surface area contributed by atoms with Gasteiger partial charge in [-0.05, 0) is 5.41 Å². The van der Waals surface area contributed by atoms with Gasteiger partial charge in [0.25, 0.3) is 0 Å². The summed E-state index contributed by atoms with van der Waals surface area (Å²) in [5, 5.41) is 6.02. The minimum Gasteiger partial charge on any atom is -0.379 e. The number of morpholine rings is 1. The summed E-state index contributed by atoms with van der Waals surface area (Å²) in [7, 11) is 1.67. The fraction of sp³-hybridized carbons (Fsp3) is 0.917. The average Bonchev–Trinajstić information content (AvgIpc) is 2.29. The van der Waals surface area contributed by atoms with Crippen molar-refractivity contribution in [2.45, 2.75) is 32.9 Å². The summed E-state index contributed by atoms with van der Waals surface area (Å²) in [5.74, 6) is -0.0176. The van der Waals surface area contributed by atoms with Crippen molar-refractivity contribution in [3.8, 4) is 0 Å². The first-order chi connectivity index (χ1) is 7.95. The molecule has 18 heavy (non-hydrogen) atoms. The van der Waals surface area contributed by atoms with Crippen molar-refractivity contribution < 1.29 is 14.3 Å². The minimum absolute atomic E-state index is 0. The summed E-state index contributed by atoms with van der Waals surface area (Å²) in [5.41, 5.74) is 0.0124. The number of hydrogen-bond donors (Lipinski definition) is 2. The van der Waals surface area contributed by atoms with Crippen LogP contribution in [0, 0.1) is 5.41 Å². The minimum atomic E-state index is -0.235. The third-order valence-electron chi connectivity index (χ3n) is 2.95. The highest BCUT2D eigenvalue weighted by molar-refractivity contribution is 5.85. The highest BCUT2D eigenvalue weighted by atomic mass is 35.5. The number of nitrogens with one attached hydrogen (secondary N) is 2. The molecule has 0 saturated carbocycles. The van der Waals surface area contributed by atoms with Crippen LogP contribution >= 0.6 is 12.4 Å². The van der Waals surface area contributed by atoms with Crippen LogP contribution in [0.2, 0.25) is 0 Å². The summed E-state index contributed by atoms with van der Waals surface area (Å²) in [6, 6.07) is -0.235. The van der Waals surface area contributed by atoms with Gasteiger partial charge in [-0.25, -0.2) is 0 Å². The van der Waals surface area contributed by atoms with Crippen LogP contribution in [-0.2, 0) is 14.3 Å². The Morgan fingerprint density at radius 3 is 2.67 bits per heavy atom. The van der Waals surface area contributed by atoms with Crippen molar-refractivity contribution in [2.24, 2.45) is 5.41 Å². The molecule has 1 amide bonds. The highest BCUT2D eigenvalue weighted by Crippen LogP contribution is 2.20. The molecule has 0 bridgehead atoms. The second-order valence-corrected chi connectivity index (χ2v) is 5.42. The smallest absolute Gasteiger partial charge is 0.239 e. The molecule has 2 unspecified atom stereocenters. The monoisotopic (exact) mass is 280 g/mol. The van der Waals surface area contributed by atoms with Crippen LogP contribution < -0.4 is 10.6 Å². The molecule has 0 aromatic heterocycles. The second kappa shape index (κ2) is 7.94. The molecule has 5 nitrogen and oxygen atoms in total. The molecule has 1 aliphatic rings. The van der Waals surface area contributed by atoms with E-state index >= 15 is 0 Å². The fourth-order valence-corrected chi connectivity index (χ4v) is 1.79. The van der Waals surface area contributed by atoms with Crippen LogP contribution in [0.5, 0.6) is 0 Å². The quantitative estimate of drug-likeness (QED) is 0.791. The summed E-state index contributed by atoms with van der Waals surface area (Å²) in [6.07, 6.45) is 0.0101. The number of carbonyl (C=O) groups excluding carboxylic acids is 1. The molecule has 1 saturated heterocycles. The second-order valence-electron chi connectivity index (χ2n) is 5.42. The molecule has 0 aliphatic carbocycles. The molecule has 0 radical (unpaired) electrons. The van der Waals surface area contributed by atoms with Crippen LogP contribution in [0.1, 0.15) is 20.8 Å². The summed E-state index contributed by atoms with van der Waals surface area (Å²) in [4.78, 5) is 11.8. The number of methoxy groups -OCH3 is 1. The SMILES string of the molecule is COC(CNC(=O)C1COCCN1)C(C)(C)C.Cl. The third-order valence-corrected chi connectivity index (χ3v) is 2.95. The number of amides is 1. The molecule has 6 heteroatoms. The van der Waals surface area contributed by atoms with Gasteiger partial charge in [-0.3, -0.25) is 4.79 Å². The number of hydrogen-bond acceptors (Lipinski definition) is 4. The molecule has 0 aromatic rings. The predicted octanol–water partition coefficient (Wildman–Crippen LogP) is 0.574. The molecule has 1 fully saturated rings. The van der Waals surface area contributed by atoms with E-state index in [0.717, 1.165) is 6.54 Å². The van der Waals surface area contributed by atoms with Crippen LogP contribution in [0.25, 0.3) is 0 Å². The van der Waals surface area contributed by atoms with Gasteiger partial charge in [0.15, 0.2) is 0 Å². The zero-order valence-electron chi connectivity index (χ0n) is 11.6. The van der Waals surface area contributed by atoms with Crippen molar-refractivity contribution in [3.63, 3.8) is 0 Å². The van der Waals surface area contributed by atoms with E-state index in [2.05, 4.69) is 31.4 Å². The van der Waals surface area contributed by atoms with E-state index in [0.29, 0.717) is 19.8 Å². The van der Waals surface area contributed by atoms with Crippen LogP contribution in [0.3, 0.4) is 0 Å². The van der Waals surface area contributed by atoms with E-state index in [4.69, 9.17) is 9.47 Å². The molecule has 1 aliphatic heterocycles. The lowest BCUT2D eigenvalue weighted by molar-refractivity contribution is -0.126. The van der Waals surface area contributed by atoms with Gasteiger partial charge in [0.05, 0.1) is 19.3 Å². The normalized spacial score (nSPS) is 21.9. The number of halogens is 1. The van der Waals surface area contributed by atoms with Gasteiger partial charge in [-0.15, -0.1) is 12.4 Å². The molecule has 1 heterocycles. The van der Waals surface area contributed by atoms with Crippen molar-refractivity contribution in [2.75, 3.05) is 33.4 Å². The molecule has 0 aromatic carbocycles. The molecule has 2 atom stereocenters. The Morgan fingerprint density at radius 1 is 1.56 bits per heavy atom. The van der Waals surface area contributed by atoms with Gasteiger partial charge in [-0.1, -0.05) is 20.8 Å². The predicted molar refractivity (Wildman–Crippen MR) is 73.1 cm³/mol. The maximum absolute atomic E-state index is 11.8. The number of ether oxygens (including phenoxy) is 2. The van der Waals surface area contributed by atoms with Gasteiger partial charge in [-0.2, -0.15) is 0 Å². The third kappa shape index (κ3) is 5.52. The Kier molecular flexibility index (Phi) is 7.78. The first-order valence-corrected chi connectivity index (χ1v) is 6.07. The lowest BCUT2D eigenvalue weighted by atomic mass is 9.89. The Labute approximate surface area is 115 Å². The fourth-order valence-electron chi connectivity index (χ4n) is 1.79. The van der Waals surface area contributed by atoms with Crippen molar-refractivity contribution >= 4 is 18.3 Å². The van der Waals surface area contributed by atoms with E-state index in [-0.39, 0.29) is 35.9 Å². The number of carbonyl (C=O) groups is 1. The van der Waals surface area contributed by atoms with Gasteiger partial charge < -0.3 is 20.1 Å². The first kappa shape index (κ1) is 17.6. The topological polar surface area (TPSA) is 59.6 Å². The average molecular weight is 281 g/mol. The van der Waals surface area contributed by atoms with Gasteiger partial charge in [0, 0.05) is 20.2 Å². The Morgan fingerprint density at radius 2 is 2.22 bits per heavy atom. The van der Waals surface area contributed by atoms with Gasteiger partial charge in [0.2, 0.25) is 5.91 Å². The van der Waals surface area contributed by atoms with E-state index in [1.54, 1.807) is 7.11 Å². The maximum Gasteiger partial charge on any atom is 0.239 e. The molecular weight excluding hydrogens is 256 g/mol. The van der Waals surface area contributed by atoms with E-state index in [1.165, 1.54) is 0 Å². The van der Waals surface area contributed by atoms with Crippen LogP contribution in [0.4, 0.5) is 0 Å². The van der Waals surface area contributed by atoms with Crippen LogP contribution in [0.15, 0.2) is 0 Å². The summed E-state index contributed by atoms with van der Waals surface area (Å²) in [6.45, 7) is 8.65. The molecular formula is C12H25ClN2O3. The molecule has 0 spiro atoms. The molecule has 2 N–H and O–H groups in total. The summed E-state index contributed by atoms with van der Waals surface area (Å²) >= 11 is 0. The highest BCUT2D eigenvalue weighted by Gasteiger charge is 2.27. The molecule has 1 rings (SSSR count). The first-order valence-electron chi connectivity index (χ1n) is 6.07. The Bertz CT molecular complexity index is 250. The number of rotatable bonds is 4. The zero-order valence-corrected chi connectivity index (χ0v) is 12.4. The Hall–Kier alpha value is -0.360. The van der Waals surface area contributed by atoms with Crippen molar-refractivity contribution in [1.29, 1.82) is 0 Å². The van der Waals surface area contributed by atoms with E-state index in [1.807, 2.05) is 0 Å². The van der Waals surface area contributed by atoms with E-state index in [9.17, 15) is 4.79 Å². The largest absolute Gasteiger partial charge is 0.379 e. The lowest BCUT2D eigenvalue weighted by Crippen LogP contribution is -2.53. The zero-order chi connectivity index (χ0) is 12.9. The Balaban J connectivity index is 0.00000289. The van der Waals surface area contributed by atoms with Gasteiger partial charge >= 0.3 is 0 Å². The standard InChI is InChI=1S/C12H24N2O3.ClH/c1-12(2,3)10(16-4)7-14-11(15)9-8-17-6-5-13-9;/h9-10,13H,5-8H2,1-4H3,(H,14,15);1H. The maximum atomic E-state index is 11.8. The van der Waals surface area contributed by atoms with Crippen molar-refractivity contribution in [3.05, 3.63) is 0 Å².